The van der Waals surface area contributed by atoms with Crippen LogP contribution in [0.5, 0.6) is 17.2 Å². The number of ether oxygens (including phenoxy) is 3. The molecule has 2 aromatic rings. The number of nitrogens with one attached hydrogen (secondary N) is 2. The fourth-order valence-electron chi connectivity index (χ4n) is 2.29. The van der Waals surface area contributed by atoms with Crippen molar-refractivity contribution in [3.63, 3.8) is 0 Å². The molecule has 0 aliphatic carbocycles. The summed E-state index contributed by atoms with van der Waals surface area (Å²) in [5, 5.41) is 2.76. The van der Waals surface area contributed by atoms with Gasteiger partial charge in [-0.3, -0.25) is 9.59 Å². The number of aromatic nitrogens is 1. The van der Waals surface area contributed by atoms with E-state index in [1.54, 1.807) is 18.2 Å². The zero-order valence-electron chi connectivity index (χ0n) is 14.1. The molecule has 0 unspecified atom stereocenters. The molecular formula is C18H20N2O5. The first-order valence-corrected chi connectivity index (χ1v) is 8.05. The minimum atomic E-state index is -0.265. The standard InChI is InChI=1S/C18H20N2O5/c1-11(2)9-23-17-8-19-13(6-14(17)21)7-20-18(22)12-3-4-15-16(5-12)25-10-24-15/h3-6,8,11H,7,9-10H2,1-2H3,(H,19,21)(H,20,22). The van der Waals surface area contributed by atoms with Crippen molar-refractivity contribution in [2.45, 2.75) is 20.4 Å². The molecule has 0 saturated carbocycles. The number of amides is 1. The van der Waals surface area contributed by atoms with Gasteiger partial charge in [-0.15, -0.1) is 0 Å². The van der Waals surface area contributed by atoms with Crippen LogP contribution in [0.1, 0.15) is 29.9 Å². The quantitative estimate of drug-likeness (QED) is 0.837. The molecule has 1 aliphatic heterocycles. The van der Waals surface area contributed by atoms with E-state index in [1.807, 2.05) is 13.8 Å². The molecule has 3 rings (SSSR count). The number of rotatable bonds is 6. The van der Waals surface area contributed by atoms with E-state index >= 15 is 0 Å². The van der Waals surface area contributed by atoms with Crippen LogP contribution in [0, 0.1) is 5.92 Å². The van der Waals surface area contributed by atoms with Crippen molar-refractivity contribution >= 4 is 5.91 Å². The van der Waals surface area contributed by atoms with Crippen molar-refractivity contribution in [2.75, 3.05) is 13.4 Å². The number of hydrogen-bond donors (Lipinski definition) is 2. The Kier molecular flexibility index (Phi) is 4.92. The lowest BCUT2D eigenvalue weighted by Gasteiger charge is -2.09. The number of pyridine rings is 1. The Bertz CT molecular complexity index is 828. The van der Waals surface area contributed by atoms with Gasteiger partial charge in [0.2, 0.25) is 12.2 Å². The maximum Gasteiger partial charge on any atom is 0.251 e. The van der Waals surface area contributed by atoms with E-state index in [9.17, 15) is 9.59 Å². The molecule has 0 atom stereocenters. The summed E-state index contributed by atoms with van der Waals surface area (Å²) < 4.78 is 15.9. The molecule has 7 nitrogen and oxygen atoms in total. The summed E-state index contributed by atoms with van der Waals surface area (Å²) in [6, 6.07) is 6.41. The highest BCUT2D eigenvalue weighted by Crippen LogP contribution is 2.32. The largest absolute Gasteiger partial charge is 0.488 e. The van der Waals surface area contributed by atoms with Gasteiger partial charge in [0.1, 0.15) is 0 Å². The molecule has 25 heavy (non-hydrogen) atoms. The zero-order chi connectivity index (χ0) is 17.8. The van der Waals surface area contributed by atoms with E-state index in [0.29, 0.717) is 35.3 Å². The SMILES string of the molecule is CC(C)COc1c[nH]c(CNC(=O)c2ccc3c(c2)OCO3)cc1=O. The fourth-order valence-corrected chi connectivity index (χ4v) is 2.29. The number of fused-ring (bicyclic) bond motifs is 1. The number of hydrogen-bond acceptors (Lipinski definition) is 5. The minimum absolute atomic E-state index is 0.160. The molecule has 132 valence electrons. The molecule has 1 aliphatic rings. The summed E-state index contributed by atoms with van der Waals surface area (Å²) in [5.41, 5.74) is 0.839. The van der Waals surface area contributed by atoms with Crippen molar-refractivity contribution in [3.8, 4) is 17.2 Å². The van der Waals surface area contributed by atoms with Gasteiger partial charge in [0.05, 0.1) is 13.2 Å². The van der Waals surface area contributed by atoms with Gasteiger partial charge in [-0.05, 0) is 24.1 Å². The molecule has 1 amide bonds. The van der Waals surface area contributed by atoms with Crippen LogP contribution in [0.4, 0.5) is 0 Å². The predicted molar refractivity (Wildman–Crippen MR) is 91.1 cm³/mol. The molecule has 2 N–H and O–H groups in total. The van der Waals surface area contributed by atoms with Gasteiger partial charge in [-0.25, -0.2) is 0 Å². The topological polar surface area (TPSA) is 89.7 Å². The third-order valence-corrected chi connectivity index (χ3v) is 3.58. The van der Waals surface area contributed by atoms with Crippen LogP contribution in [0.2, 0.25) is 0 Å². The summed E-state index contributed by atoms with van der Waals surface area (Å²) in [7, 11) is 0. The monoisotopic (exact) mass is 344 g/mol. The Morgan fingerprint density at radius 2 is 2.08 bits per heavy atom. The van der Waals surface area contributed by atoms with Crippen LogP contribution in [-0.4, -0.2) is 24.3 Å². The molecule has 0 bridgehead atoms. The Labute approximate surface area is 144 Å². The van der Waals surface area contributed by atoms with Crippen molar-refractivity contribution in [3.05, 3.63) is 51.9 Å². The Hall–Kier alpha value is -2.96. The summed E-state index contributed by atoms with van der Waals surface area (Å²) >= 11 is 0. The lowest BCUT2D eigenvalue weighted by molar-refractivity contribution is 0.0950. The first-order chi connectivity index (χ1) is 12.0. The molecule has 0 fully saturated rings. The zero-order valence-corrected chi connectivity index (χ0v) is 14.1. The molecule has 2 heterocycles. The van der Waals surface area contributed by atoms with Gasteiger partial charge in [0, 0.05) is 23.5 Å². The van der Waals surface area contributed by atoms with Gasteiger partial charge in [0.25, 0.3) is 5.91 Å². The van der Waals surface area contributed by atoms with E-state index in [-0.39, 0.29) is 30.4 Å². The van der Waals surface area contributed by atoms with Crippen LogP contribution in [0.3, 0.4) is 0 Å². The van der Waals surface area contributed by atoms with E-state index in [2.05, 4.69) is 10.3 Å². The first kappa shape index (κ1) is 16.9. The average Bonchev–Trinajstić information content (AvgIpc) is 3.06. The maximum atomic E-state index is 12.2. The van der Waals surface area contributed by atoms with Crippen LogP contribution < -0.4 is 25.0 Å². The highest BCUT2D eigenvalue weighted by molar-refractivity contribution is 5.94. The van der Waals surface area contributed by atoms with E-state index < -0.39 is 0 Å². The summed E-state index contributed by atoms with van der Waals surface area (Å²) in [4.78, 5) is 27.2. The lowest BCUT2D eigenvalue weighted by atomic mass is 10.2. The second-order valence-electron chi connectivity index (χ2n) is 6.14. The fraction of sp³-hybridized carbons (Fsp3) is 0.333. The third kappa shape index (κ3) is 4.12. The van der Waals surface area contributed by atoms with Crippen molar-refractivity contribution < 1.29 is 19.0 Å². The van der Waals surface area contributed by atoms with Gasteiger partial charge in [-0.1, -0.05) is 13.8 Å². The number of H-pyrrole nitrogens is 1. The third-order valence-electron chi connectivity index (χ3n) is 3.58. The number of aromatic amines is 1. The van der Waals surface area contributed by atoms with Crippen LogP contribution in [0.15, 0.2) is 35.3 Å². The Morgan fingerprint density at radius 3 is 2.84 bits per heavy atom. The molecule has 0 saturated heterocycles. The van der Waals surface area contributed by atoms with Crippen LogP contribution in [0.25, 0.3) is 0 Å². The van der Waals surface area contributed by atoms with Crippen LogP contribution >= 0.6 is 0 Å². The van der Waals surface area contributed by atoms with Crippen molar-refractivity contribution in [1.29, 1.82) is 0 Å². The van der Waals surface area contributed by atoms with E-state index in [1.165, 1.54) is 12.3 Å². The first-order valence-electron chi connectivity index (χ1n) is 8.05. The molecule has 1 aromatic heterocycles. The van der Waals surface area contributed by atoms with Crippen molar-refractivity contribution in [1.82, 2.24) is 10.3 Å². The predicted octanol–water partition coefficient (Wildman–Crippen LogP) is 2.07. The van der Waals surface area contributed by atoms with E-state index in [4.69, 9.17) is 14.2 Å². The number of carbonyl (C=O) groups is 1. The highest BCUT2D eigenvalue weighted by atomic mass is 16.7. The second kappa shape index (κ2) is 7.29. The summed E-state index contributed by atoms with van der Waals surface area (Å²) in [5.74, 6) is 1.52. The van der Waals surface area contributed by atoms with Gasteiger partial charge < -0.3 is 24.5 Å². The molecular weight excluding hydrogens is 324 g/mol. The maximum absolute atomic E-state index is 12.2. The van der Waals surface area contributed by atoms with Crippen molar-refractivity contribution in [2.24, 2.45) is 5.92 Å². The lowest BCUT2D eigenvalue weighted by Crippen LogP contribution is -2.24. The summed E-state index contributed by atoms with van der Waals surface area (Å²) in [6.45, 7) is 4.85. The number of carbonyl (C=O) groups excluding carboxylic acids is 1. The van der Waals surface area contributed by atoms with Gasteiger partial charge in [-0.2, -0.15) is 0 Å². The van der Waals surface area contributed by atoms with Gasteiger partial charge in [0.15, 0.2) is 17.2 Å². The second-order valence-corrected chi connectivity index (χ2v) is 6.14. The molecule has 0 spiro atoms. The number of benzene rings is 1. The Balaban J connectivity index is 1.60. The molecule has 7 heteroatoms. The summed E-state index contributed by atoms with van der Waals surface area (Å²) in [6.07, 6.45) is 1.52. The minimum Gasteiger partial charge on any atom is -0.488 e. The Morgan fingerprint density at radius 1 is 1.28 bits per heavy atom. The molecule has 0 radical (unpaired) electrons. The molecule has 1 aromatic carbocycles. The average molecular weight is 344 g/mol. The van der Waals surface area contributed by atoms with Crippen LogP contribution in [-0.2, 0) is 6.54 Å². The highest BCUT2D eigenvalue weighted by Gasteiger charge is 2.16. The normalized spacial score (nSPS) is 12.3. The smallest absolute Gasteiger partial charge is 0.251 e. The van der Waals surface area contributed by atoms with Gasteiger partial charge >= 0.3 is 0 Å². The van der Waals surface area contributed by atoms with E-state index in [0.717, 1.165) is 0 Å².